The van der Waals surface area contributed by atoms with Crippen molar-refractivity contribution in [3.05, 3.63) is 12.2 Å². The zero-order valence-corrected chi connectivity index (χ0v) is 14.6. The molecule has 8 atom stereocenters. The van der Waals surface area contributed by atoms with Crippen LogP contribution in [0.15, 0.2) is 12.2 Å². The van der Waals surface area contributed by atoms with Gasteiger partial charge in [0.25, 0.3) is 0 Å². The molecule has 0 aromatic heterocycles. The van der Waals surface area contributed by atoms with E-state index >= 15 is 0 Å². The van der Waals surface area contributed by atoms with Crippen LogP contribution in [0.4, 0.5) is 0 Å². The Morgan fingerprint density at radius 2 is 1.83 bits per heavy atom. The van der Waals surface area contributed by atoms with Gasteiger partial charge in [0.05, 0.1) is 12.2 Å². The summed E-state index contributed by atoms with van der Waals surface area (Å²) >= 11 is 0. The van der Waals surface area contributed by atoms with Crippen LogP contribution in [0.3, 0.4) is 0 Å². The molecular weight excluding hydrogens is 288 g/mol. The van der Waals surface area contributed by atoms with Gasteiger partial charge in [-0.3, -0.25) is 0 Å². The lowest BCUT2D eigenvalue weighted by atomic mass is 9.35. The molecule has 130 valence electrons. The molecule has 0 aliphatic heterocycles. The second-order valence-electron chi connectivity index (χ2n) is 9.59. The van der Waals surface area contributed by atoms with Crippen LogP contribution in [0.1, 0.15) is 58.8 Å². The van der Waals surface area contributed by atoms with Crippen molar-refractivity contribution in [1.82, 2.24) is 0 Å². The van der Waals surface area contributed by atoms with Crippen molar-refractivity contribution in [1.29, 1.82) is 0 Å². The fraction of sp³-hybridized carbons (Fsp3) is 0.900. The molecule has 0 unspecified atom stereocenters. The number of rotatable bonds is 1. The van der Waals surface area contributed by atoms with Crippen LogP contribution in [0.25, 0.3) is 0 Å². The van der Waals surface area contributed by atoms with Crippen LogP contribution < -0.4 is 0 Å². The summed E-state index contributed by atoms with van der Waals surface area (Å²) in [6.07, 6.45) is 6.14. The third-order valence-corrected chi connectivity index (χ3v) is 8.82. The highest BCUT2D eigenvalue weighted by molar-refractivity contribution is 5.28. The van der Waals surface area contributed by atoms with E-state index < -0.39 is 12.2 Å². The van der Waals surface area contributed by atoms with E-state index in [0.717, 1.165) is 50.5 Å². The van der Waals surface area contributed by atoms with Gasteiger partial charge in [0, 0.05) is 12.0 Å². The van der Waals surface area contributed by atoms with Crippen LogP contribution in [-0.4, -0.2) is 34.1 Å². The second-order valence-corrected chi connectivity index (χ2v) is 9.59. The summed E-state index contributed by atoms with van der Waals surface area (Å²) in [4.78, 5) is 0. The van der Waals surface area contributed by atoms with Gasteiger partial charge in [-0.25, -0.2) is 0 Å². The Kier molecular flexibility index (Phi) is 3.38. The van der Waals surface area contributed by atoms with Crippen molar-refractivity contribution >= 4 is 0 Å². The summed E-state index contributed by atoms with van der Waals surface area (Å²) in [5, 5.41) is 32.2. The summed E-state index contributed by atoms with van der Waals surface area (Å²) in [5.74, 6) is 1.12. The molecule has 0 aromatic rings. The maximum absolute atomic E-state index is 11.2. The molecule has 0 aromatic carbocycles. The van der Waals surface area contributed by atoms with E-state index in [1.54, 1.807) is 0 Å². The normalized spacial score (nSPS) is 58.7. The molecule has 0 heterocycles. The minimum absolute atomic E-state index is 0.0890. The van der Waals surface area contributed by atoms with Crippen molar-refractivity contribution in [2.24, 2.45) is 34.0 Å². The van der Waals surface area contributed by atoms with Crippen molar-refractivity contribution in [2.75, 3.05) is 6.61 Å². The third kappa shape index (κ3) is 1.77. The number of hydrogen-bond donors (Lipinski definition) is 3. The van der Waals surface area contributed by atoms with Crippen LogP contribution in [0, 0.1) is 34.0 Å². The standard InChI is InChI=1S/C20H32O3/c1-12-13-5-8-20(17(12)23)15(9-13)19(3)7-4-6-18(2,11-21)14(19)10-16(20)22/h13-17,21-23H,1,4-11H2,2-3H3/t13-,14+,15-,16-,17+,18+,19+,20+/m0/s1. The van der Waals surface area contributed by atoms with E-state index in [0.29, 0.717) is 17.8 Å². The molecule has 5 aliphatic carbocycles. The largest absolute Gasteiger partial charge is 0.396 e. The maximum Gasteiger partial charge on any atom is 0.0834 e. The maximum atomic E-state index is 11.2. The van der Waals surface area contributed by atoms with Gasteiger partial charge in [0.15, 0.2) is 0 Å². The highest BCUT2D eigenvalue weighted by Gasteiger charge is 2.69. The number of hydrogen-bond acceptors (Lipinski definition) is 3. The molecule has 0 amide bonds. The average Bonchev–Trinajstić information content (AvgIpc) is 2.54. The van der Waals surface area contributed by atoms with Gasteiger partial charge in [-0.05, 0) is 72.7 Å². The highest BCUT2D eigenvalue weighted by Crippen LogP contribution is 2.71. The van der Waals surface area contributed by atoms with Crippen LogP contribution in [-0.2, 0) is 0 Å². The molecule has 3 nitrogen and oxygen atoms in total. The van der Waals surface area contributed by atoms with Crippen molar-refractivity contribution < 1.29 is 15.3 Å². The first-order chi connectivity index (χ1) is 10.8. The van der Waals surface area contributed by atoms with Crippen molar-refractivity contribution in [3.8, 4) is 0 Å². The summed E-state index contributed by atoms with van der Waals surface area (Å²) in [6, 6.07) is 0. The summed E-state index contributed by atoms with van der Waals surface area (Å²) in [7, 11) is 0. The van der Waals surface area contributed by atoms with E-state index in [9.17, 15) is 15.3 Å². The Balaban J connectivity index is 1.81. The van der Waals surface area contributed by atoms with E-state index in [2.05, 4.69) is 20.4 Å². The summed E-state index contributed by atoms with van der Waals surface area (Å²) in [6.45, 7) is 8.97. The smallest absolute Gasteiger partial charge is 0.0834 e. The Bertz CT molecular complexity index is 531. The lowest BCUT2D eigenvalue weighted by Crippen LogP contribution is -2.69. The number of aliphatic hydroxyl groups excluding tert-OH is 3. The fourth-order valence-corrected chi connectivity index (χ4v) is 7.54. The number of fused-ring (bicyclic) bond motifs is 3. The van der Waals surface area contributed by atoms with E-state index in [-0.39, 0.29) is 22.9 Å². The minimum atomic E-state index is -0.546. The summed E-state index contributed by atoms with van der Waals surface area (Å²) in [5.41, 5.74) is 0.614. The van der Waals surface area contributed by atoms with Crippen LogP contribution in [0.2, 0.25) is 0 Å². The van der Waals surface area contributed by atoms with E-state index in [1.807, 2.05) is 0 Å². The monoisotopic (exact) mass is 320 g/mol. The number of aliphatic hydroxyl groups is 3. The van der Waals surface area contributed by atoms with Gasteiger partial charge in [0.1, 0.15) is 0 Å². The fourth-order valence-electron chi connectivity index (χ4n) is 7.54. The molecule has 1 spiro atoms. The van der Waals surface area contributed by atoms with Gasteiger partial charge in [-0.2, -0.15) is 0 Å². The quantitative estimate of drug-likeness (QED) is 0.651. The highest BCUT2D eigenvalue weighted by atomic mass is 16.3. The Morgan fingerprint density at radius 1 is 1.09 bits per heavy atom. The molecule has 5 saturated carbocycles. The molecule has 5 fully saturated rings. The lowest BCUT2D eigenvalue weighted by Gasteiger charge is -2.70. The molecular formula is C20H32O3. The first-order valence-corrected chi connectivity index (χ1v) is 9.45. The van der Waals surface area contributed by atoms with Gasteiger partial charge in [0.2, 0.25) is 0 Å². The molecule has 23 heavy (non-hydrogen) atoms. The van der Waals surface area contributed by atoms with Crippen molar-refractivity contribution in [3.63, 3.8) is 0 Å². The first kappa shape index (κ1) is 16.1. The van der Waals surface area contributed by atoms with Gasteiger partial charge in [-0.15, -0.1) is 0 Å². The molecule has 3 N–H and O–H groups in total. The van der Waals surface area contributed by atoms with Gasteiger partial charge in [-0.1, -0.05) is 26.8 Å². The van der Waals surface area contributed by atoms with Gasteiger partial charge < -0.3 is 15.3 Å². The first-order valence-electron chi connectivity index (χ1n) is 9.45. The van der Waals surface area contributed by atoms with Crippen LogP contribution in [0.5, 0.6) is 0 Å². The zero-order chi connectivity index (χ0) is 16.6. The predicted octanol–water partition coefficient (Wildman–Crippen LogP) is 2.89. The Labute approximate surface area is 139 Å². The molecule has 3 heteroatoms. The lowest BCUT2D eigenvalue weighted by molar-refractivity contribution is -0.253. The summed E-state index contributed by atoms with van der Waals surface area (Å²) < 4.78 is 0. The molecule has 5 rings (SSSR count). The third-order valence-electron chi connectivity index (χ3n) is 8.82. The zero-order valence-electron chi connectivity index (χ0n) is 14.6. The van der Waals surface area contributed by atoms with Crippen LogP contribution >= 0.6 is 0 Å². The second kappa shape index (κ2) is 4.83. The van der Waals surface area contributed by atoms with E-state index in [4.69, 9.17) is 0 Å². The van der Waals surface area contributed by atoms with Gasteiger partial charge >= 0.3 is 0 Å². The molecule has 0 radical (unpaired) electrons. The minimum Gasteiger partial charge on any atom is -0.396 e. The average molecular weight is 320 g/mol. The Hall–Kier alpha value is -0.380. The molecule has 2 bridgehead atoms. The topological polar surface area (TPSA) is 60.7 Å². The van der Waals surface area contributed by atoms with E-state index in [1.165, 1.54) is 0 Å². The SMILES string of the molecule is C=C1[C@H]2CC[C@]3([C@@H]1O)[C@@H](O)C[C@@H]1[C@@](C)(CO)CCC[C@@]1(C)[C@@H]3C2. The molecule has 5 aliphatic rings. The van der Waals surface area contributed by atoms with Crippen molar-refractivity contribution in [2.45, 2.75) is 71.0 Å². The predicted molar refractivity (Wildman–Crippen MR) is 89.7 cm³/mol. The Morgan fingerprint density at radius 3 is 2.52 bits per heavy atom. The molecule has 0 saturated heterocycles.